The summed E-state index contributed by atoms with van der Waals surface area (Å²) in [4.78, 5) is 0. The van der Waals surface area contributed by atoms with Crippen molar-refractivity contribution in [3.05, 3.63) is 34.9 Å². The van der Waals surface area contributed by atoms with Crippen molar-refractivity contribution >= 4 is 0 Å². The molecule has 90 valence electrons. The molecule has 0 saturated carbocycles. The molecule has 2 heteroatoms. The van der Waals surface area contributed by atoms with E-state index >= 15 is 0 Å². The summed E-state index contributed by atoms with van der Waals surface area (Å²) in [5.74, 6) is 0.298. The fraction of sp³-hybridized carbons (Fsp3) is 0.571. The zero-order chi connectivity index (χ0) is 12.1. The third kappa shape index (κ3) is 3.62. The van der Waals surface area contributed by atoms with Crippen LogP contribution in [0.25, 0.3) is 0 Å². The van der Waals surface area contributed by atoms with E-state index < -0.39 is 0 Å². The highest BCUT2D eigenvalue weighted by atomic mass is 16.3. The molecule has 0 radical (unpaired) electrons. The van der Waals surface area contributed by atoms with Gasteiger partial charge >= 0.3 is 0 Å². The Morgan fingerprint density at radius 1 is 1.19 bits per heavy atom. The molecule has 1 aromatic rings. The Kier molecular flexibility index (Phi) is 4.97. The molecule has 0 aliphatic heterocycles. The van der Waals surface area contributed by atoms with E-state index in [-0.39, 0.29) is 6.61 Å². The molecule has 0 aliphatic rings. The zero-order valence-electron chi connectivity index (χ0n) is 10.7. The SMILES string of the molecule is Cc1ccc(CNC(C)C(C)CO)cc1C. The first-order valence-corrected chi connectivity index (χ1v) is 5.95. The minimum absolute atomic E-state index is 0.237. The summed E-state index contributed by atoms with van der Waals surface area (Å²) in [6.45, 7) is 9.54. The molecule has 2 atom stereocenters. The number of aryl methyl sites for hydroxylation is 2. The van der Waals surface area contributed by atoms with E-state index in [1.165, 1.54) is 16.7 Å². The van der Waals surface area contributed by atoms with Gasteiger partial charge in [-0.25, -0.2) is 0 Å². The van der Waals surface area contributed by atoms with E-state index in [0.29, 0.717) is 12.0 Å². The largest absolute Gasteiger partial charge is 0.396 e. The topological polar surface area (TPSA) is 32.3 Å². The van der Waals surface area contributed by atoms with Gasteiger partial charge < -0.3 is 10.4 Å². The van der Waals surface area contributed by atoms with Crippen molar-refractivity contribution in [1.29, 1.82) is 0 Å². The number of hydrogen-bond acceptors (Lipinski definition) is 2. The first kappa shape index (κ1) is 13.2. The predicted octanol–water partition coefficient (Wildman–Crippen LogP) is 2.41. The highest BCUT2D eigenvalue weighted by Crippen LogP contribution is 2.10. The van der Waals surface area contributed by atoms with Crippen molar-refractivity contribution in [3.8, 4) is 0 Å². The number of rotatable bonds is 5. The Morgan fingerprint density at radius 2 is 1.88 bits per heavy atom. The molecule has 1 rings (SSSR count). The van der Waals surface area contributed by atoms with Crippen LogP contribution in [0.2, 0.25) is 0 Å². The minimum atomic E-state index is 0.237. The molecule has 0 aliphatic carbocycles. The van der Waals surface area contributed by atoms with Gasteiger partial charge in [-0.15, -0.1) is 0 Å². The number of aliphatic hydroxyl groups is 1. The highest BCUT2D eigenvalue weighted by molar-refractivity contribution is 5.29. The van der Waals surface area contributed by atoms with Crippen molar-refractivity contribution in [2.75, 3.05) is 6.61 Å². The number of benzene rings is 1. The quantitative estimate of drug-likeness (QED) is 0.800. The smallest absolute Gasteiger partial charge is 0.0471 e. The van der Waals surface area contributed by atoms with Crippen LogP contribution >= 0.6 is 0 Å². The van der Waals surface area contributed by atoms with Crippen LogP contribution in [-0.2, 0) is 6.54 Å². The zero-order valence-corrected chi connectivity index (χ0v) is 10.7. The Bertz CT molecular complexity index is 336. The van der Waals surface area contributed by atoms with Crippen molar-refractivity contribution in [1.82, 2.24) is 5.32 Å². The lowest BCUT2D eigenvalue weighted by molar-refractivity contribution is 0.207. The van der Waals surface area contributed by atoms with Gasteiger partial charge in [-0.05, 0) is 43.4 Å². The van der Waals surface area contributed by atoms with E-state index in [1.807, 2.05) is 0 Å². The molecule has 2 N–H and O–H groups in total. The first-order chi connectivity index (χ1) is 7.54. The van der Waals surface area contributed by atoms with Gasteiger partial charge in [-0.2, -0.15) is 0 Å². The maximum Gasteiger partial charge on any atom is 0.0471 e. The van der Waals surface area contributed by atoms with Crippen LogP contribution in [0.15, 0.2) is 18.2 Å². The molecule has 0 saturated heterocycles. The van der Waals surface area contributed by atoms with Gasteiger partial charge in [0.2, 0.25) is 0 Å². The van der Waals surface area contributed by atoms with Crippen LogP contribution < -0.4 is 5.32 Å². The summed E-state index contributed by atoms with van der Waals surface area (Å²) in [5.41, 5.74) is 3.97. The number of aliphatic hydroxyl groups excluding tert-OH is 1. The maximum atomic E-state index is 9.04. The molecule has 1 aromatic carbocycles. The van der Waals surface area contributed by atoms with Gasteiger partial charge in [-0.3, -0.25) is 0 Å². The second-order valence-corrected chi connectivity index (χ2v) is 4.75. The van der Waals surface area contributed by atoms with Crippen molar-refractivity contribution in [3.63, 3.8) is 0 Å². The first-order valence-electron chi connectivity index (χ1n) is 5.95. The summed E-state index contributed by atoms with van der Waals surface area (Å²) >= 11 is 0. The molecule has 0 heterocycles. The normalized spacial score (nSPS) is 14.8. The molecule has 2 nitrogen and oxygen atoms in total. The average Bonchev–Trinajstić information content (AvgIpc) is 2.29. The molecule has 0 amide bonds. The maximum absolute atomic E-state index is 9.04. The Labute approximate surface area is 98.7 Å². The van der Waals surface area contributed by atoms with E-state index in [1.54, 1.807) is 0 Å². The van der Waals surface area contributed by atoms with E-state index in [2.05, 4.69) is 51.2 Å². The van der Waals surface area contributed by atoms with Crippen molar-refractivity contribution in [2.24, 2.45) is 5.92 Å². The molecular weight excluding hydrogens is 198 g/mol. The van der Waals surface area contributed by atoms with Crippen molar-refractivity contribution in [2.45, 2.75) is 40.3 Å². The predicted molar refractivity (Wildman–Crippen MR) is 68.5 cm³/mol. The van der Waals surface area contributed by atoms with E-state index in [4.69, 9.17) is 5.11 Å². The number of nitrogens with one attached hydrogen (secondary N) is 1. The van der Waals surface area contributed by atoms with Gasteiger partial charge in [0, 0.05) is 19.2 Å². The fourth-order valence-corrected chi connectivity index (χ4v) is 1.55. The third-order valence-corrected chi connectivity index (χ3v) is 3.34. The third-order valence-electron chi connectivity index (χ3n) is 3.34. The summed E-state index contributed by atoms with van der Waals surface area (Å²) in [6.07, 6.45) is 0. The molecule has 2 unspecified atom stereocenters. The summed E-state index contributed by atoms with van der Waals surface area (Å²) < 4.78 is 0. The summed E-state index contributed by atoms with van der Waals surface area (Å²) in [5, 5.41) is 12.5. The standard InChI is InChI=1S/C14H23NO/c1-10-5-6-14(7-11(10)2)8-15-13(4)12(3)9-16/h5-7,12-13,15-16H,8-9H2,1-4H3. The minimum Gasteiger partial charge on any atom is -0.396 e. The van der Waals surface area contributed by atoms with Gasteiger partial charge in [0.25, 0.3) is 0 Å². The van der Waals surface area contributed by atoms with Crippen LogP contribution in [0, 0.1) is 19.8 Å². The monoisotopic (exact) mass is 221 g/mol. The van der Waals surface area contributed by atoms with Crippen LogP contribution in [0.5, 0.6) is 0 Å². The Balaban J connectivity index is 2.51. The molecule has 0 aromatic heterocycles. The van der Waals surface area contributed by atoms with E-state index in [0.717, 1.165) is 6.54 Å². The highest BCUT2D eigenvalue weighted by Gasteiger charge is 2.09. The molecular formula is C14H23NO. The lowest BCUT2D eigenvalue weighted by Gasteiger charge is -2.19. The van der Waals surface area contributed by atoms with Crippen molar-refractivity contribution < 1.29 is 5.11 Å². The second kappa shape index (κ2) is 6.02. The fourth-order valence-electron chi connectivity index (χ4n) is 1.55. The molecule has 16 heavy (non-hydrogen) atoms. The number of hydrogen-bond donors (Lipinski definition) is 2. The van der Waals surface area contributed by atoms with Gasteiger partial charge in [0.15, 0.2) is 0 Å². The Morgan fingerprint density at radius 3 is 2.44 bits per heavy atom. The van der Waals surface area contributed by atoms with Crippen LogP contribution in [0.1, 0.15) is 30.5 Å². The summed E-state index contributed by atoms with van der Waals surface area (Å²) in [7, 11) is 0. The molecule has 0 fully saturated rings. The van der Waals surface area contributed by atoms with Gasteiger partial charge in [0.1, 0.15) is 0 Å². The second-order valence-electron chi connectivity index (χ2n) is 4.75. The molecule has 0 bridgehead atoms. The summed E-state index contributed by atoms with van der Waals surface area (Å²) in [6, 6.07) is 6.88. The van der Waals surface area contributed by atoms with Crippen LogP contribution in [0.3, 0.4) is 0 Å². The van der Waals surface area contributed by atoms with Crippen LogP contribution in [-0.4, -0.2) is 17.8 Å². The lowest BCUT2D eigenvalue weighted by Crippen LogP contribution is -2.33. The lowest BCUT2D eigenvalue weighted by atomic mass is 10.0. The Hall–Kier alpha value is -0.860. The van der Waals surface area contributed by atoms with Crippen LogP contribution in [0.4, 0.5) is 0 Å². The van der Waals surface area contributed by atoms with E-state index in [9.17, 15) is 0 Å². The molecule has 0 spiro atoms. The average molecular weight is 221 g/mol. The van der Waals surface area contributed by atoms with Gasteiger partial charge in [0.05, 0.1) is 0 Å². The van der Waals surface area contributed by atoms with Gasteiger partial charge in [-0.1, -0.05) is 25.1 Å².